The molecule has 4 aromatic rings. The fraction of sp³-hybridized carbons (Fsp3) is 0.0952. The highest BCUT2D eigenvalue weighted by molar-refractivity contribution is 6.30. The standard InChI is InChI=1S/C21H10ClF6N3/c22-13-8-6-11(7-9-13)15-10-14(20(23,24)25)16-17(12-4-2-1-3-5-12)30-19(21(26,27)28)31-18(16)29-15/h1-10H. The number of aromatic nitrogens is 3. The van der Waals surface area contributed by atoms with Crippen LogP contribution in [0.5, 0.6) is 0 Å². The van der Waals surface area contributed by atoms with Crippen molar-refractivity contribution in [1.29, 1.82) is 0 Å². The predicted molar refractivity (Wildman–Crippen MR) is 103 cm³/mol. The maximum atomic E-state index is 14.0. The first kappa shape index (κ1) is 21.0. The van der Waals surface area contributed by atoms with Crippen LogP contribution in [-0.2, 0) is 12.4 Å². The van der Waals surface area contributed by atoms with Gasteiger partial charge >= 0.3 is 12.4 Å². The van der Waals surface area contributed by atoms with E-state index in [2.05, 4.69) is 15.0 Å². The Kier molecular flexibility index (Phi) is 5.09. The number of hydrogen-bond donors (Lipinski definition) is 0. The third-order valence-electron chi connectivity index (χ3n) is 4.41. The lowest BCUT2D eigenvalue weighted by molar-refractivity contribution is -0.144. The smallest absolute Gasteiger partial charge is 0.228 e. The highest BCUT2D eigenvalue weighted by Crippen LogP contribution is 2.41. The summed E-state index contributed by atoms with van der Waals surface area (Å²) in [6, 6.07) is 13.8. The van der Waals surface area contributed by atoms with Gasteiger partial charge in [-0.05, 0) is 18.2 Å². The van der Waals surface area contributed by atoms with E-state index in [9.17, 15) is 26.3 Å². The van der Waals surface area contributed by atoms with Crippen molar-refractivity contribution in [2.75, 3.05) is 0 Å². The third kappa shape index (κ3) is 4.18. The van der Waals surface area contributed by atoms with E-state index >= 15 is 0 Å². The van der Waals surface area contributed by atoms with Crippen molar-refractivity contribution in [3.05, 3.63) is 77.1 Å². The molecular formula is C21H10ClF6N3. The van der Waals surface area contributed by atoms with Crippen LogP contribution in [0, 0.1) is 0 Å². The van der Waals surface area contributed by atoms with E-state index in [1.165, 1.54) is 48.5 Å². The van der Waals surface area contributed by atoms with Gasteiger partial charge in [-0.15, -0.1) is 0 Å². The lowest BCUT2D eigenvalue weighted by Crippen LogP contribution is -2.15. The monoisotopic (exact) mass is 453 g/mol. The van der Waals surface area contributed by atoms with Gasteiger partial charge in [0.25, 0.3) is 0 Å². The first-order valence-electron chi connectivity index (χ1n) is 8.72. The Labute approximate surface area is 176 Å². The highest BCUT2D eigenvalue weighted by Gasteiger charge is 2.39. The maximum absolute atomic E-state index is 14.0. The molecule has 158 valence electrons. The first-order chi connectivity index (χ1) is 14.5. The quantitative estimate of drug-likeness (QED) is 0.305. The number of halogens is 7. The molecule has 2 aromatic carbocycles. The lowest BCUT2D eigenvalue weighted by Gasteiger charge is -2.16. The van der Waals surface area contributed by atoms with Gasteiger partial charge in [0, 0.05) is 16.1 Å². The van der Waals surface area contributed by atoms with Crippen LogP contribution in [-0.4, -0.2) is 15.0 Å². The van der Waals surface area contributed by atoms with Crippen LogP contribution in [0.4, 0.5) is 26.3 Å². The van der Waals surface area contributed by atoms with Crippen molar-refractivity contribution in [2.45, 2.75) is 12.4 Å². The second-order valence-electron chi connectivity index (χ2n) is 6.52. The van der Waals surface area contributed by atoms with E-state index < -0.39 is 40.5 Å². The number of nitrogens with zero attached hydrogens (tertiary/aromatic N) is 3. The summed E-state index contributed by atoms with van der Waals surface area (Å²) in [5.41, 5.74) is -2.27. The van der Waals surface area contributed by atoms with Gasteiger partial charge in [-0.25, -0.2) is 15.0 Å². The zero-order chi connectivity index (χ0) is 22.4. The molecule has 0 aliphatic rings. The Morgan fingerprint density at radius 1 is 0.677 bits per heavy atom. The fourth-order valence-corrected chi connectivity index (χ4v) is 3.18. The normalized spacial score (nSPS) is 12.4. The summed E-state index contributed by atoms with van der Waals surface area (Å²) in [4.78, 5) is 10.8. The molecule has 0 saturated heterocycles. The molecule has 0 aliphatic carbocycles. The summed E-state index contributed by atoms with van der Waals surface area (Å²) in [5, 5.41) is -0.266. The van der Waals surface area contributed by atoms with Crippen molar-refractivity contribution >= 4 is 22.6 Å². The van der Waals surface area contributed by atoms with E-state index in [0.717, 1.165) is 6.07 Å². The van der Waals surface area contributed by atoms with Gasteiger partial charge in [0.15, 0.2) is 5.65 Å². The molecule has 0 amide bonds. The van der Waals surface area contributed by atoms with Gasteiger partial charge in [0.1, 0.15) is 0 Å². The van der Waals surface area contributed by atoms with Gasteiger partial charge < -0.3 is 0 Å². The molecule has 0 N–H and O–H groups in total. The highest BCUT2D eigenvalue weighted by atomic mass is 35.5. The Bertz CT molecular complexity index is 1250. The SMILES string of the molecule is FC(F)(F)c1nc(-c2ccccc2)c2c(C(F)(F)F)cc(-c3ccc(Cl)cc3)nc2n1. The Hall–Kier alpha value is -3.20. The van der Waals surface area contributed by atoms with E-state index in [4.69, 9.17) is 11.6 Å². The second kappa shape index (κ2) is 7.49. The van der Waals surface area contributed by atoms with Crippen LogP contribution in [0.3, 0.4) is 0 Å². The average molecular weight is 454 g/mol. The summed E-state index contributed by atoms with van der Waals surface area (Å²) in [6.07, 6.45) is -9.87. The van der Waals surface area contributed by atoms with Crippen LogP contribution in [0.15, 0.2) is 60.7 Å². The van der Waals surface area contributed by atoms with Gasteiger partial charge in [-0.3, -0.25) is 0 Å². The molecule has 31 heavy (non-hydrogen) atoms. The minimum absolute atomic E-state index is 0.0759. The maximum Gasteiger partial charge on any atom is 0.451 e. The molecule has 0 spiro atoms. The van der Waals surface area contributed by atoms with E-state index in [0.29, 0.717) is 5.02 Å². The van der Waals surface area contributed by atoms with E-state index in [1.54, 1.807) is 6.07 Å². The predicted octanol–water partition coefficient (Wildman–Crippen LogP) is 7.05. The van der Waals surface area contributed by atoms with E-state index in [1.807, 2.05) is 0 Å². The van der Waals surface area contributed by atoms with Crippen molar-refractivity contribution in [3.63, 3.8) is 0 Å². The Balaban J connectivity index is 2.13. The Morgan fingerprint density at radius 3 is 1.90 bits per heavy atom. The zero-order valence-corrected chi connectivity index (χ0v) is 16.0. The average Bonchev–Trinajstić information content (AvgIpc) is 2.72. The summed E-state index contributed by atoms with van der Waals surface area (Å²) >= 11 is 5.81. The number of alkyl halides is 6. The number of pyridine rings is 1. The molecule has 2 aromatic heterocycles. The van der Waals surface area contributed by atoms with Gasteiger partial charge in [-0.2, -0.15) is 26.3 Å². The number of hydrogen-bond acceptors (Lipinski definition) is 3. The first-order valence-corrected chi connectivity index (χ1v) is 9.10. The van der Waals surface area contributed by atoms with Crippen molar-refractivity contribution < 1.29 is 26.3 Å². The fourth-order valence-electron chi connectivity index (χ4n) is 3.06. The van der Waals surface area contributed by atoms with Crippen LogP contribution in [0.1, 0.15) is 11.4 Å². The summed E-state index contributed by atoms with van der Waals surface area (Å²) in [5.74, 6) is -1.58. The molecule has 0 radical (unpaired) electrons. The van der Waals surface area contributed by atoms with Gasteiger partial charge in [-0.1, -0.05) is 54.1 Å². The third-order valence-corrected chi connectivity index (χ3v) is 4.66. The number of benzene rings is 2. The van der Waals surface area contributed by atoms with Gasteiger partial charge in [0.05, 0.1) is 22.3 Å². The van der Waals surface area contributed by atoms with Crippen LogP contribution >= 0.6 is 11.6 Å². The summed E-state index contributed by atoms with van der Waals surface area (Å²) in [6.45, 7) is 0. The molecule has 0 fully saturated rings. The molecule has 0 atom stereocenters. The molecule has 0 aliphatic heterocycles. The molecule has 0 bridgehead atoms. The molecular weight excluding hydrogens is 444 g/mol. The summed E-state index contributed by atoms with van der Waals surface area (Å²) < 4.78 is 82.2. The summed E-state index contributed by atoms with van der Waals surface area (Å²) in [7, 11) is 0. The molecule has 0 saturated carbocycles. The van der Waals surface area contributed by atoms with Crippen LogP contribution in [0.2, 0.25) is 5.02 Å². The largest absolute Gasteiger partial charge is 0.451 e. The Morgan fingerprint density at radius 2 is 1.32 bits per heavy atom. The van der Waals surface area contributed by atoms with E-state index in [-0.39, 0.29) is 16.8 Å². The second-order valence-corrected chi connectivity index (χ2v) is 6.95. The van der Waals surface area contributed by atoms with Crippen LogP contribution in [0.25, 0.3) is 33.5 Å². The zero-order valence-electron chi connectivity index (χ0n) is 15.3. The molecule has 10 heteroatoms. The molecule has 3 nitrogen and oxygen atoms in total. The lowest BCUT2D eigenvalue weighted by atomic mass is 10.0. The minimum atomic E-state index is -4.98. The topological polar surface area (TPSA) is 38.7 Å². The number of fused-ring (bicyclic) bond motifs is 1. The molecule has 2 heterocycles. The van der Waals surface area contributed by atoms with Crippen LogP contribution < -0.4 is 0 Å². The molecule has 4 rings (SSSR count). The van der Waals surface area contributed by atoms with Crippen molar-refractivity contribution in [2.24, 2.45) is 0 Å². The van der Waals surface area contributed by atoms with Crippen molar-refractivity contribution in [3.8, 4) is 22.5 Å². The number of rotatable bonds is 2. The van der Waals surface area contributed by atoms with Crippen molar-refractivity contribution in [1.82, 2.24) is 15.0 Å². The van der Waals surface area contributed by atoms with Gasteiger partial charge in [0.2, 0.25) is 5.82 Å². The minimum Gasteiger partial charge on any atom is -0.228 e. The molecule has 0 unspecified atom stereocenters.